The first-order valence-corrected chi connectivity index (χ1v) is 5.20. The monoisotopic (exact) mass is 184 g/mol. The number of nitrogens with one attached hydrogen (secondary N) is 1. The first kappa shape index (κ1) is 10.5. The molecule has 1 fully saturated rings. The molecule has 2 unspecified atom stereocenters. The van der Waals surface area contributed by atoms with Gasteiger partial charge in [0, 0.05) is 12.5 Å². The molecule has 1 aliphatic heterocycles. The summed E-state index contributed by atoms with van der Waals surface area (Å²) in [6.45, 7) is 3.23. The van der Waals surface area contributed by atoms with Crippen molar-refractivity contribution >= 4 is 5.91 Å². The molecule has 3 heteroatoms. The number of piperidine rings is 1. The Hall–Kier alpha value is -0.570. The smallest absolute Gasteiger partial charge is 0.217 e. The molecule has 0 aromatic rings. The molecule has 1 heterocycles. The number of rotatable bonds is 4. The van der Waals surface area contributed by atoms with Crippen LogP contribution in [0.3, 0.4) is 0 Å². The fourth-order valence-electron chi connectivity index (χ4n) is 2.04. The van der Waals surface area contributed by atoms with Crippen LogP contribution < -0.4 is 11.1 Å². The van der Waals surface area contributed by atoms with Gasteiger partial charge in [-0.05, 0) is 31.7 Å². The van der Waals surface area contributed by atoms with E-state index < -0.39 is 0 Å². The van der Waals surface area contributed by atoms with E-state index in [-0.39, 0.29) is 5.91 Å². The van der Waals surface area contributed by atoms with Gasteiger partial charge in [0.25, 0.3) is 0 Å². The lowest BCUT2D eigenvalue weighted by Gasteiger charge is -2.25. The van der Waals surface area contributed by atoms with E-state index in [9.17, 15) is 4.79 Å². The summed E-state index contributed by atoms with van der Waals surface area (Å²) in [7, 11) is 0. The van der Waals surface area contributed by atoms with E-state index >= 15 is 0 Å². The number of nitrogens with two attached hydrogens (primary N) is 1. The van der Waals surface area contributed by atoms with E-state index in [1.165, 1.54) is 19.3 Å². The third-order valence-electron chi connectivity index (χ3n) is 2.65. The van der Waals surface area contributed by atoms with Crippen molar-refractivity contribution in [2.75, 3.05) is 6.54 Å². The fraction of sp³-hybridized carbons (Fsp3) is 0.900. The predicted octanol–water partition coefficient (Wildman–Crippen LogP) is 1.03. The average Bonchev–Trinajstić information content (AvgIpc) is 2.04. The van der Waals surface area contributed by atoms with Gasteiger partial charge in [-0.1, -0.05) is 13.3 Å². The van der Waals surface area contributed by atoms with Crippen molar-refractivity contribution in [1.29, 1.82) is 0 Å². The Bertz CT molecular complexity index is 164. The number of hydrogen-bond acceptors (Lipinski definition) is 2. The molecule has 1 saturated heterocycles. The minimum absolute atomic E-state index is 0.177. The average molecular weight is 184 g/mol. The molecule has 0 bridgehead atoms. The predicted molar refractivity (Wildman–Crippen MR) is 53.2 cm³/mol. The van der Waals surface area contributed by atoms with Crippen LogP contribution >= 0.6 is 0 Å². The van der Waals surface area contributed by atoms with Gasteiger partial charge in [0.05, 0.1) is 0 Å². The summed E-state index contributed by atoms with van der Waals surface area (Å²) < 4.78 is 0. The van der Waals surface area contributed by atoms with Crippen LogP contribution in [0.1, 0.15) is 39.0 Å². The maximum atomic E-state index is 10.7. The van der Waals surface area contributed by atoms with Crippen LogP contribution in [-0.4, -0.2) is 18.5 Å². The first-order valence-electron chi connectivity index (χ1n) is 5.20. The molecule has 3 nitrogen and oxygen atoms in total. The Kier molecular flexibility index (Phi) is 4.22. The van der Waals surface area contributed by atoms with Crippen LogP contribution in [0.15, 0.2) is 0 Å². The second kappa shape index (κ2) is 5.22. The fourth-order valence-corrected chi connectivity index (χ4v) is 2.04. The van der Waals surface area contributed by atoms with Crippen molar-refractivity contribution in [2.24, 2.45) is 11.7 Å². The topological polar surface area (TPSA) is 55.1 Å². The van der Waals surface area contributed by atoms with E-state index in [2.05, 4.69) is 12.2 Å². The molecule has 1 amide bonds. The highest BCUT2D eigenvalue weighted by molar-refractivity contribution is 5.73. The summed E-state index contributed by atoms with van der Waals surface area (Å²) in [5.74, 6) is 0.247. The van der Waals surface area contributed by atoms with E-state index in [4.69, 9.17) is 5.73 Å². The zero-order chi connectivity index (χ0) is 9.68. The molecule has 76 valence electrons. The van der Waals surface area contributed by atoms with Crippen molar-refractivity contribution in [3.63, 3.8) is 0 Å². The van der Waals surface area contributed by atoms with Crippen LogP contribution in [0.2, 0.25) is 0 Å². The highest BCUT2D eigenvalue weighted by Crippen LogP contribution is 2.16. The molecule has 13 heavy (non-hydrogen) atoms. The van der Waals surface area contributed by atoms with Crippen molar-refractivity contribution < 1.29 is 4.79 Å². The molecule has 1 rings (SSSR count). The van der Waals surface area contributed by atoms with E-state index in [0.29, 0.717) is 18.4 Å². The number of hydrogen-bond donors (Lipinski definition) is 2. The molecule has 0 saturated carbocycles. The molecule has 3 N–H and O–H groups in total. The van der Waals surface area contributed by atoms with Crippen LogP contribution in [0.4, 0.5) is 0 Å². The van der Waals surface area contributed by atoms with Gasteiger partial charge in [0.1, 0.15) is 0 Å². The number of primary amides is 1. The molecule has 2 atom stereocenters. The maximum Gasteiger partial charge on any atom is 0.217 e. The Morgan fingerprint density at radius 3 is 2.92 bits per heavy atom. The minimum Gasteiger partial charge on any atom is -0.370 e. The van der Waals surface area contributed by atoms with Gasteiger partial charge in [0.15, 0.2) is 0 Å². The third kappa shape index (κ3) is 4.27. The van der Waals surface area contributed by atoms with Crippen molar-refractivity contribution in [3.05, 3.63) is 0 Å². The summed E-state index contributed by atoms with van der Waals surface area (Å²) in [5, 5.41) is 3.47. The van der Waals surface area contributed by atoms with Gasteiger partial charge in [-0.15, -0.1) is 0 Å². The standard InChI is InChI=1S/C10H20N2O/c1-8(7-10(11)13)6-9-4-2-3-5-12-9/h8-9,12H,2-7H2,1H3,(H2,11,13). The van der Waals surface area contributed by atoms with Gasteiger partial charge in [-0.3, -0.25) is 4.79 Å². The summed E-state index contributed by atoms with van der Waals surface area (Å²) >= 11 is 0. The van der Waals surface area contributed by atoms with Crippen molar-refractivity contribution in [2.45, 2.75) is 45.1 Å². The summed E-state index contributed by atoms with van der Waals surface area (Å²) in [6.07, 6.45) is 5.48. The zero-order valence-corrected chi connectivity index (χ0v) is 8.38. The van der Waals surface area contributed by atoms with Gasteiger partial charge >= 0.3 is 0 Å². The maximum absolute atomic E-state index is 10.7. The van der Waals surface area contributed by atoms with Gasteiger partial charge in [-0.25, -0.2) is 0 Å². The zero-order valence-electron chi connectivity index (χ0n) is 8.38. The molecule has 0 aromatic heterocycles. The minimum atomic E-state index is -0.177. The second-order valence-electron chi connectivity index (χ2n) is 4.16. The van der Waals surface area contributed by atoms with Gasteiger partial charge < -0.3 is 11.1 Å². The third-order valence-corrected chi connectivity index (χ3v) is 2.65. The van der Waals surface area contributed by atoms with Gasteiger partial charge in [0.2, 0.25) is 5.91 Å². The second-order valence-corrected chi connectivity index (χ2v) is 4.16. The molecule has 0 radical (unpaired) electrons. The quantitative estimate of drug-likeness (QED) is 0.685. The number of carbonyl (C=O) groups excluding carboxylic acids is 1. The van der Waals surface area contributed by atoms with Crippen molar-refractivity contribution in [3.8, 4) is 0 Å². The van der Waals surface area contributed by atoms with Crippen LogP contribution in [-0.2, 0) is 4.79 Å². The summed E-state index contributed by atoms with van der Waals surface area (Å²) in [6, 6.07) is 0.614. The van der Waals surface area contributed by atoms with Crippen LogP contribution in [0, 0.1) is 5.92 Å². The lowest BCUT2D eigenvalue weighted by molar-refractivity contribution is -0.118. The molecular weight excluding hydrogens is 164 g/mol. The normalized spacial score (nSPS) is 25.5. The Labute approximate surface area is 80.1 Å². The van der Waals surface area contributed by atoms with Crippen LogP contribution in [0.25, 0.3) is 0 Å². The molecular formula is C10H20N2O. The Morgan fingerprint density at radius 2 is 2.38 bits per heavy atom. The molecule has 0 aromatic carbocycles. The van der Waals surface area contributed by atoms with E-state index in [1.807, 2.05) is 0 Å². The van der Waals surface area contributed by atoms with Crippen LogP contribution in [0.5, 0.6) is 0 Å². The Morgan fingerprint density at radius 1 is 1.62 bits per heavy atom. The SMILES string of the molecule is CC(CC(N)=O)CC1CCCCN1. The molecule has 1 aliphatic rings. The lowest BCUT2D eigenvalue weighted by Crippen LogP contribution is -2.35. The number of carbonyl (C=O) groups is 1. The highest BCUT2D eigenvalue weighted by Gasteiger charge is 2.16. The van der Waals surface area contributed by atoms with Gasteiger partial charge in [-0.2, -0.15) is 0 Å². The highest BCUT2D eigenvalue weighted by atomic mass is 16.1. The van der Waals surface area contributed by atoms with E-state index in [0.717, 1.165) is 13.0 Å². The number of amides is 1. The summed E-state index contributed by atoms with van der Waals surface area (Å²) in [4.78, 5) is 10.7. The lowest BCUT2D eigenvalue weighted by atomic mass is 9.93. The summed E-state index contributed by atoms with van der Waals surface area (Å²) in [5.41, 5.74) is 5.14. The largest absolute Gasteiger partial charge is 0.370 e. The molecule has 0 spiro atoms. The van der Waals surface area contributed by atoms with Crippen molar-refractivity contribution in [1.82, 2.24) is 5.32 Å². The first-order chi connectivity index (χ1) is 6.18. The Balaban J connectivity index is 2.18. The molecule has 0 aliphatic carbocycles. The van der Waals surface area contributed by atoms with E-state index in [1.54, 1.807) is 0 Å².